The van der Waals surface area contributed by atoms with Crippen molar-refractivity contribution in [3.8, 4) is 11.4 Å². The average molecular weight is 454 g/mol. The van der Waals surface area contributed by atoms with Crippen molar-refractivity contribution >= 4 is 23.5 Å². The molecule has 32 heavy (non-hydrogen) atoms. The summed E-state index contributed by atoms with van der Waals surface area (Å²) in [5.41, 5.74) is 2.03. The number of carbonyl (C=O) groups excluding carboxylic acids is 1. The van der Waals surface area contributed by atoms with Gasteiger partial charge in [-0.15, -0.1) is 5.10 Å². The van der Waals surface area contributed by atoms with Crippen molar-refractivity contribution in [2.75, 3.05) is 18.2 Å². The number of thioether (sulfide) groups is 1. The number of aromatic nitrogens is 6. The molecular weight excluding hydrogens is 433 g/mol. The van der Waals surface area contributed by atoms with Gasteiger partial charge >= 0.3 is 0 Å². The van der Waals surface area contributed by atoms with Gasteiger partial charge in [0.1, 0.15) is 23.1 Å². The number of aryl methyl sites for hydroxylation is 1. The summed E-state index contributed by atoms with van der Waals surface area (Å²) in [6.07, 6.45) is 1.62. The summed E-state index contributed by atoms with van der Waals surface area (Å²) >= 11 is 1.11. The fraction of sp³-hybridized carbons (Fsp3) is 0.190. The zero-order valence-corrected chi connectivity index (χ0v) is 18.2. The number of carbonyl (C=O) groups is 1. The summed E-state index contributed by atoms with van der Waals surface area (Å²) in [5.74, 6) is 0.682. The molecule has 1 N–H and O–H groups in total. The number of methoxy groups -OCH3 is 1. The lowest BCUT2D eigenvalue weighted by Gasteiger charge is -2.10. The van der Waals surface area contributed by atoms with Crippen molar-refractivity contribution in [2.45, 2.75) is 18.6 Å². The molecule has 0 unspecified atom stereocenters. The monoisotopic (exact) mass is 453 g/mol. The number of rotatable bonds is 8. The molecule has 0 bridgehead atoms. The maximum atomic E-state index is 14.3. The number of amides is 1. The Bertz CT molecular complexity index is 1220. The third kappa shape index (κ3) is 4.94. The van der Waals surface area contributed by atoms with E-state index >= 15 is 0 Å². The highest BCUT2D eigenvalue weighted by Crippen LogP contribution is 2.21. The molecule has 2 heterocycles. The average Bonchev–Trinajstić information content (AvgIpc) is 3.42. The summed E-state index contributed by atoms with van der Waals surface area (Å²) in [5, 5.41) is 18.8. The normalized spacial score (nSPS) is 10.8. The van der Waals surface area contributed by atoms with Crippen LogP contribution in [0.15, 0.2) is 59.9 Å². The maximum absolute atomic E-state index is 14.3. The number of hydrogen-bond donors (Lipinski definition) is 1. The molecule has 0 radical (unpaired) electrons. The van der Waals surface area contributed by atoms with Gasteiger partial charge in [0.05, 0.1) is 25.6 Å². The number of halogens is 1. The highest BCUT2D eigenvalue weighted by Gasteiger charge is 2.15. The van der Waals surface area contributed by atoms with Gasteiger partial charge in [0.25, 0.3) is 0 Å². The summed E-state index contributed by atoms with van der Waals surface area (Å²) < 4.78 is 22.4. The van der Waals surface area contributed by atoms with E-state index in [2.05, 4.69) is 25.9 Å². The molecule has 164 valence electrons. The fourth-order valence-corrected chi connectivity index (χ4v) is 3.67. The van der Waals surface area contributed by atoms with Gasteiger partial charge in [-0.25, -0.2) is 9.07 Å². The van der Waals surface area contributed by atoms with Crippen LogP contribution in [0.25, 0.3) is 5.69 Å². The Balaban J connectivity index is 1.39. The molecular formula is C21H20FN7O2S. The molecule has 0 aliphatic heterocycles. The number of ether oxygens (including phenoxy) is 1. The lowest BCUT2D eigenvalue weighted by molar-refractivity contribution is -0.113. The van der Waals surface area contributed by atoms with Crippen LogP contribution in [0.5, 0.6) is 5.75 Å². The molecule has 0 saturated heterocycles. The first-order valence-electron chi connectivity index (χ1n) is 9.66. The van der Waals surface area contributed by atoms with Crippen molar-refractivity contribution < 1.29 is 13.9 Å². The Morgan fingerprint density at radius 2 is 2.00 bits per heavy atom. The van der Waals surface area contributed by atoms with Gasteiger partial charge in [0, 0.05) is 6.07 Å². The van der Waals surface area contributed by atoms with Crippen LogP contribution in [0.4, 0.5) is 10.2 Å². The third-order valence-electron chi connectivity index (χ3n) is 4.58. The van der Waals surface area contributed by atoms with E-state index in [4.69, 9.17) is 4.74 Å². The Labute approximate surface area is 187 Å². The Kier molecular flexibility index (Phi) is 6.45. The minimum Gasteiger partial charge on any atom is -0.497 e. The minimum atomic E-state index is -0.439. The zero-order chi connectivity index (χ0) is 22.5. The van der Waals surface area contributed by atoms with Crippen molar-refractivity contribution in [2.24, 2.45) is 0 Å². The number of nitrogens with one attached hydrogen (secondary N) is 1. The van der Waals surface area contributed by atoms with E-state index in [1.54, 1.807) is 43.1 Å². The highest BCUT2D eigenvalue weighted by atomic mass is 32.2. The molecule has 11 heteroatoms. The van der Waals surface area contributed by atoms with E-state index in [9.17, 15) is 9.18 Å². The molecule has 0 aliphatic carbocycles. The van der Waals surface area contributed by atoms with Crippen LogP contribution in [0, 0.1) is 12.7 Å². The quantitative estimate of drug-likeness (QED) is 0.409. The van der Waals surface area contributed by atoms with Crippen LogP contribution in [-0.2, 0) is 11.3 Å². The molecule has 0 spiro atoms. The van der Waals surface area contributed by atoms with Crippen LogP contribution < -0.4 is 10.1 Å². The van der Waals surface area contributed by atoms with Crippen LogP contribution in [0.3, 0.4) is 0 Å². The van der Waals surface area contributed by atoms with Gasteiger partial charge in [0.2, 0.25) is 11.1 Å². The molecule has 2 aromatic heterocycles. The zero-order valence-electron chi connectivity index (χ0n) is 17.4. The van der Waals surface area contributed by atoms with E-state index in [0.29, 0.717) is 17.5 Å². The first-order valence-corrected chi connectivity index (χ1v) is 10.6. The van der Waals surface area contributed by atoms with Crippen LogP contribution in [-0.4, -0.2) is 48.8 Å². The van der Waals surface area contributed by atoms with Gasteiger partial charge < -0.3 is 10.1 Å². The first kappa shape index (κ1) is 21.5. The predicted molar refractivity (Wildman–Crippen MR) is 118 cm³/mol. The molecule has 0 aliphatic rings. The summed E-state index contributed by atoms with van der Waals surface area (Å²) in [7, 11) is 1.62. The second-order valence-corrected chi connectivity index (χ2v) is 7.83. The molecule has 0 fully saturated rings. The largest absolute Gasteiger partial charge is 0.497 e. The maximum Gasteiger partial charge on any atom is 0.235 e. The van der Waals surface area contributed by atoms with Crippen molar-refractivity contribution in [1.29, 1.82) is 0 Å². The Morgan fingerprint density at radius 3 is 2.75 bits per heavy atom. The third-order valence-corrected chi connectivity index (χ3v) is 5.50. The molecule has 1 amide bonds. The minimum absolute atomic E-state index is 0.0432. The lowest BCUT2D eigenvalue weighted by atomic mass is 10.2. The number of anilines is 1. The van der Waals surface area contributed by atoms with Gasteiger partial charge in [-0.05, 0) is 52.7 Å². The number of tetrazole rings is 1. The Hall–Kier alpha value is -3.73. The lowest BCUT2D eigenvalue weighted by Crippen LogP contribution is -2.18. The van der Waals surface area contributed by atoms with E-state index in [1.807, 2.05) is 24.3 Å². The summed E-state index contributed by atoms with van der Waals surface area (Å²) in [6, 6.07) is 14.1. The van der Waals surface area contributed by atoms with E-state index < -0.39 is 5.82 Å². The smallest absolute Gasteiger partial charge is 0.235 e. The Morgan fingerprint density at radius 1 is 1.19 bits per heavy atom. The van der Waals surface area contributed by atoms with Crippen molar-refractivity contribution in [1.82, 2.24) is 30.0 Å². The van der Waals surface area contributed by atoms with Gasteiger partial charge in [-0.1, -0.05) is 30.0 Å². The molecule has 9 nitrogen and oxygen atoms in total. The van der Waals surface area contributed by atoms with Gasteiger partial charge in [-0.2, -0.15) is 9.78 Å². The molecule has 4 aromatic rings. The van der Waals surface area contributed by atoms with Gasteiger partial charge in [0.15, 0.2) is 0 Å². The second-order valence-electron chi connectivity index (χ2n) is 6.89. The first-order chi connectivity index (χ1) is 15.5. The topological polar surface area (TPSA) is 99.8 Å². The van der Waals surface area contributed by atoms with Crippen LogP contribution >= 0.6 is 11.8 Å². The molecule has 4 rings (SSSR count). The van der Waals surface area contributed by atoms with Crippen LogP contribution in [0.2, 0.25) is 0 Å². The second kappa shape index (κ2) is 9.60. The standard InChI is InChI=1S/C21H20FN7O2S/c1-14-3-8-18(17(22)11-14)29-21(25-26-27-29)32-13-20(30)24-19-9-10-23-28(19)12-15-4-6-16(31-2)7-5-15/h3-11H,12-13H2,1-2H3,(H,24,30). The molecule has 0 saturated carbocycles. The highest BCUT2D eigenvalue weighted by molar-refractivity contribution is 7.99. The van der Waals surface area contributed by atoms with E-state index in [1.165, 1.54) is 10.7 Å². The number of nitrogens with zero attached hydrogens (tertiary/aromatic N) is 6. The molecule has 2 aromatic carbocycles. The van der Waals surface area contributed by atoms with Gasteiger partial charge in [-0.3, -0.25) is 4.79 Å². The van der Waals surface area contributed by atoms with E-state index in [0.717, 1.165) is 28.6 Å². The van der Waals surface area contributed by atoms with E-state index in [-0.39, 0.29) is 17.3 Å². The summed E-state index contributed by atoms with van der Waals surface area (Å²) in [6.45, 7) is 2.29. The number of hydrogen-bond acceptors (Lipinski definition) is 7. The van der Waals surface area contributed by atoms with Crippen LogP contribution in [0.1, 0.15) is 11.1 Å². The predicted octanol–water partition coefficient (Wildman–Crippen LogP) is 3.09. The SMILES string of the molecule is COc1ccc(Cn2nccc2NC(=O)CSc2nnnn2-c2ccc(C)cc2F)cc1. The fourth-order valence-electron chi connectivity index (χ4n) is 2.98. The van der Waals surface area contributed by atoms with Crippen molar-refractivity contribution in [3.05, 3.63) is 71.7 Å². The number of benzene rings is 2. The van der Waals surface area contributed by atoms with Crippen molar-refractivity contribution in [3.63, 3.8) is 0 Å². The molecule has 0 atom stereocenters. The summed E-state index contributed by atoms with van der Waals surface area (Å²) in [4.78, 5) is 12.5.